The minimum atomic E-state index is -3.52. The van der Waals surface area contributed by atoms with Crippen molar-refractivity contribution in [1.29, 1.82) is 0 Å². The standard InChI is InChI=1S/C9H7F3O/c1-6(13)9(11,12)7-2-4-8(10)5-3-7/h2-5H,1H3. The van der Waals surface area contributed by atoms with Crippen LogP contribution < -0.4 is 0 Å². The summed E-state index contributed by atoms with van der Waals surface area (Å²) in [5.74, 6) is -5.38. The Morgan fingerprint density at radius 2 is 1.69 bits per heavy atom. The molecule has 1 rings (SSSR count). The molecule has 0 aliphatic carbocycles. The van der Waals surface area contributed by atoms with E-state index in [-0.39, 0.29) is 0 Å². The fourth-order valence-corrected chi connectivity index (χ4v) is 0.862. The number of hydrogen-bond donors (Lipinski definition) is 0. The average molecular weight is 188 g/mol. The van der Waals surface area contributed by atoms with Crippen LogP contribution in [0.2, 0.25) is 0 Å². The molecule has 1 aromatic carbocycles. The molecule has 0 atom stereocenters. The van der Waals surface area contributed by atoms with E-state index in [0.717, 1.165) is 31.2 Å². The van der Waals surface area contributed by atoms with E-state index in [2.05, 4.69) is 0 Å². The van der Waals surface area contributed by atoms with Crippen LogP contribution in [0.5, 0.6) is 0 Å². The van der Waals surface area contributed by atoms with E-state index < -0.39 is 23.1 Å². The minimum Gasteiger partial charge on any atom is -0.293 e. The molecule has 4 heteroatoms. The quantitative estimate of drug-likeness (QED) is 0.696. The Morgan fingerprint density at radius 3 is 2.08 bits per heavy atom. The minimum absolute atomic E-state index is 0.485. The third-order valence-electron chi connectivity index (χ3n) is 1.65. The lowest BCUT2D eigenvalue weighted by Gasteiger charge is -2.12. The van der Waals surface area contributed by atoms with Crippen LogP contribution in [0.3, 0.4) is 0 Å². The number of hydrogen-bond acceptors (Lipinski definition) is 1. The number of carbonyl (C=O) groups excluding carboxylic acids is 1. The van der Waals surface area contributed by atoms with E-state index >= 15 is 0 Å². The lowest BCUT2D eigenvalue weighted by molar-refractivity contribution is -0.141. The molecule has 1 nitrogen and oxygen atoms in total. The number of carbonyl (C=O) groups is 1. The molecule has 0 heterocycles. The van der Waals surface area contributed by atoms with Gasteiger partial charge in [-0.1, -0.05) is 0 Å². The van der Waals surface area contributed by atoms with Crippen LogP contribution in [0.25, 0.3) is 0 Å². The van der Waals surface area contributed by atoms with Crippen LogP contribution in [0.4, 0.5) is 13.2 Å². The maximum atomic E-state index is 12.9. The molecule has 0 saturated carbocycles. The zero-order valence-corrected chi connectivity index (χ0v) is 6.85. The Labute approximate surface area is 73.2 Å². The normalized spacial score (nSPS) is 11.4. The van der Waals surface area contributed by atoms with Gasteiger partial charge in [0.05, 0.1) is 0 Å². The van der Waals surface area contributed by atoms with Gasteiger partial charge in [0, 0.05) is 12.5 Å². The maximum Gasteiger partial charge on any atom is 0.330 e. The van der Waals surface area contributed by atoms with Crippen molar-refractivity contribution in [2.24, 2.45) is 0 Å². The second-order valence-corrected chi connectivity index (χ2v) is 2.64. The van der Waals surface area contributed by atoms with E-state index in [1.54, 1.807) is 0 Å². The van der Waals surface area contributed by atoms with E-state index in [0.29, 0.717) is 0 Å². The van der Waals surface area contributed by atoms with Crippen molar-refractivity contribution in [3.8, 4) is 0 Å². The lowest BCUT2D eigenvalue weighted by atomic mass is 10.1. The number of rotatable bonds is 2. The fraction of sp³-hybridized carbons (Fsp3) is 0.222. The third kappa shape index (κ3) is 1.88. The van der Waals surface area contributed by atoms with Crippen molar-refractivity contribution in [3.63, 3.8) is 0 Å². The van der Waals surface area contributed by atoms with Gasteiger partial charge in [0.2, 0.25) is 5.78 Å². The Morgan fingerprint density at radius 1 is 1.23 bits per heavy atom. The lowest BCUT2D eigenvalue weighted by Crippen LogP contribution is -2.22. The molecule has 0 saturated heterocycles. The highest BCUT2D eigenvalue weighted by molar-refractivity contribution is 5.84. The van der Waals surface area contributed by atoms with Gasteiger partial charge < -0.3 is 0 Å². The summed E-state index contributed by atoms with van der Waals surface area (Å²) in [7, 11) is 0. The predicted molar refractivity (Wildman–Crippen MR) is 41.0 cm³/mol. The largest absolute Gasteiger partial charge is 0.330 e. The molecule has 0 unspecified atom stereocenters. The summed E-state index contributed by atoms with van der Waals surface area (Å²) >= 11 is 0. The van der Waals surface area contributed by atoms with Crippen molar-refractivity contribution >= 4 is 5.78 Å². The second-order valence-electron chi connectivity index (χ2n) is 2.64. The Kier molecular flexibility index (Phi) is 2.40. The van der Waals surface area contributed by atoms with E-state index in [9.17, 15) is 18.0 Å². The zero-order valence-electron chi connectivity index (χ0n) is 6.85. The van der Waals surface area contributed by atoms with E-state index in [1.165, 1.54) is 0 Å². The van der Waals surface area contributed by atoms with Gasteiger partial charge in [-0.2, -0.15) is 8.78 Å². The SMILES string of the molecule is CC(=O)C(F)(F)c1ccc(F)cc1. The summed E-state index contributed by atoms with van der Waals surface area (Å²) < 4.78 is 38.2. The number of Topliss-reactive ketones (excluding diaryl/α,β-unsaturated/α-hetero) is 1. The maximum absolute atomic E-state index is 12.9. The monoisotopic (exact) mass is 188 g/mol. The fourth-order valence-electron chi connectivity index (χ4n) is 0.862. The van der Waals surface area contributed by atoms with Crippen LogP contribution >= 0.6 is 0 Å². The van der Waals surface area contributed by atoms with Gasteiger partial charge in [-0.05, 0) is 24.3 Å². The molecular weight excluding hydrogens is 181 g/mol. The Bertz CT molecular complexity index is 316. The van der Waals surface area contributed by atoms with Gasteiger partial charge >= 0.3 is 5.92 Å². The van der Waals surface area contributed by atoms with Gasteiger partial charge in [-0.15, -0.1) is 0 Å². The van der Waals surface area contributed by atoms with Gasteiger partial charge in [0.1, 0.15) is 5.82 Å². The molecule has 13 heavy (non-hydrogen) atoms. The highest BCUT2D eigenvalue weighted by atomic mass is 19.3. The van der Waals surface area contributed by atoms with Gasteiger partial charge in [-0.25, -0.2) is 4.39 Å². The molecule has 0 amide bonds. The first-order chi connectivity index (χ1) is 5.94. The summed E-state index contributed by atoms with van der Waals surface area (Å²) in [6, 6.07) is 3.59. The first-order valence-corrected chi connectivity index (χ1v) is 3.59. The number of alkyl halides is 2. The molecule has 1 aromatic rings. The van der Waals surface area contributed by atoms with E-state index in [1.807, 2.05) is 0 Å². The van der Waals surface area contributed by atoms with Crippen molar-refractivity contribution in [3.05, 3.63) is 35.6 Å². The number of halogens is 3. The molecule has 0 N–H and O–H groups in total. The van der Waals surface area contributed by atoms with Crippen LogP contribution in [0, 0.1) is 5.82 Å². The van der Waals surface area contributed by atoms with Crippen LogP contribution in [-0.4, -0.2) is 5.78 Å². The molecule has 0 aliphatic rings. The smallest absolute Gasteiger partial charge is 0.293 e. The first-order valence-electron chi connectivity index (χ1n) is 3.59. The van der Waals surface area contributed by atoms with Crippen molar-refractivity contribution in [2.45, 2.75) is 12.8 Å². The number of benzene rings is 1. The molecule has 0 radical (unpaired) electrons. The van der Waals surface area contributed by atoms with E-state index in [4.69, 9.17) is 0 Å². The highest BCUT2D eigenvalue weighted by Crippen LogP contribution is 2.28. The molecular formula is C9H7F3O. The summed E-state index contributed by atoms with van der Waals surface area (Å²) in [5, 5.41) is 0. The van der Waals surface area contributed by atoms with Crippen molar-refractivity contribution < 1.29 is 18.0 Å². The summed E-state index contributed by atoms with van der Waals surface area (Å²) in [6.07, 6.45) is 0. The van der Waals surface area contributed by atoms with Crippen LogP contribution in [-0.2, 0) is 10.7 Å². The Hall–Kier alpha value is -1.32. The number of ketones is 1. The van der Waals surface area contributed by atoms with Crippen LogP contribution in [0.15, 0.2) is 24.3 Å². The topological polar surface area (TPSA) is 17.1 Å². The average Bonchev–Trinajstić information content (AvgIpc) is 2.04. The first kappa shape index (κ1) is 9.77. The predicted octanol–water partition coefficient (Wildman–Crippen LogP) is 2.51. The summed E-state index contributed by atoms with van der Waals surface area (Å²) in [6.45, 7) is 0.795. The molecule has 0 aliphatic heterocycles. The van der Waals surface area contributed by atoms with Gasteiger partial charge in [-0.3, -0.25) is 4.79 Å². The molecule has 70 valence electrons. The zero-order chi connectivity index (χ0) is 10.1. The second kappa shape index (κ2) is 3.20. The third-order valence-corrected chi connectivity index (χ3v) is 1.65. The van der Waals surface area contributed by atoms with Gasteiger partial charge in [0.25, 0.3) is 0 Å². The molecule has 0 bridgehead atoms. The molecule has 0 fully saturated rings. The summed E-state index contributed by atoms with van der Waals surface area (Å²) in [4.78, 5) is 10.5. The van der Waals surface area contributed by atoms with Crippen molar-refractivity contribution in [2.75, 3.05) is 0 Å². The molecule has 0 spiro atoms. The highest BCUT2D eigenvalue weighted by Gasteiger charge is 2.36. The summed E-state index contributed by atoms with van der Waals surface area (Å²) in [5.41, 5.74) is -0.485. The molecule has 0 aromatic heterocycles. The van der Waals surface area contributed by atoms with Crippen LogP contribution in [0.1, 0.15) is 12.5 Å². The van der Waals surface area contributed by atoms with Crippen molar-refractivity contribution in [1.82, 2.24) is 0 Å². The Balaban J connectivity index is 3.08. The van der Waals surface area contributed by atoms with Gasteiger partial charge in [0.15, 0.2) is 0 Å².